The molecule has 0 saturated carbocycles. The number of hydrogen-bond donors (Lipinski definition) is 0. The number of rotatable bonds is 0. The molecule has 2 aromatic rings. The molecule has 3 rings (SSSR count). The van der Waals surface area contributed by atoms with Crippen LogP contribution in [0.5, 0.6) is 0 Å². The van der Waals surface area contributed by atoms with Gasteiger partial charge in [0.1, 0.15) is 5.69 Å². The summed E-state index contributed by atoms with van der Waals surface area (Å²) in [5, 5.41) is 0. The smallest absolute Gasteiger partial charge is 0.196 e. The highest BCUT2D eigenvalue weighted by molar-refractivity contribution is 6.20. The lowest BCUT2D eigenvalue weighted by Crippen LogP contribution is -2.50. The van der Waals surface area contributed by atoms with E-state index >= 15 is 0 Å². The molecule has 0 atom stereocenters. The summed E-state index contributed by atoms with van der Waals surface area (Å²) >= 11 is 0. The lowest BCUT2D eigenvalue weighted by atomic mass is 9.64. The average molecular weight is 268 g/mol. The average Bonchev–Trinajstić information content (AvgIpc) is 2.42. The SMILES string of the molecule is CC1(C)C(=O)c2nc3ccccc3nc2C(C)(C)C1=O. The monoisotopic (exact) mass is 268 g/mol. The highest BCUT2D eigenvalue weighted by atomic mass is 16.2. The molecule has 4 nitrogen and oxygen atoms in total. The van der Waals surface area contributed by atoms with Crippen LogP contribution in [0, 0.1) is 5.41 Å². The van der Waals surface area contributed by atoms with Crippen molar-refractivity contribution in [1.82, 2.24) is 9.97 Å². The van der Waals surface area contributed by atoms with Gasteiger partial charge >= 0.3 is 0 Å². The molecule has 0 bridgehead atoms. The number of aromatic nitrogens is 2. The van der Waals surface area contributed by atoms with Crippen LogP contribution in [0.1, 0.15) is 43.9 Å². The van der Waals surface area contributed by atoms with Crippen LogP contribution >= 0.6 is 0 Å². The summed E-state index contributed by atoms with van der Waals surface area (Å²) in [6, 6.07) is 7.39. The van der Waals surface area contributed by atoms with Crippen molar-refractivity contribution >= 4 is 22.6 Å². The molecule has 1 aromatic heterocycles. The van der Waals surface area contributed by atoms with Crippen LogP contribution < -0.4 is 0 Å². The molecule has 20 heavy (non-hydrogen) atoms. The molecule has 0 amide bonds. The van der Waals surface area contributed by atoms with E-state index in [-0.39, 0.29) is 11.6 Å². The minimum absolute atomic E-state index is 0.105. The number of benzene rings is 1. The maximum Gasteiger partial charge on any atom is 0.196 e. The zero-order chi connectivity index (χ0) is 14.7. The van der Waals surface area contributed by atoms with Gasteiger partial charge in [0.15, 0.2) is 11.6 Å². The Morgan fingerprint density at radius 2 is 1.40 bits per heavy atom. The van der Waals surface area contributed by atoms with E-state index in [4.69, 9.17) is 0 Å². The number of para-hydroxylation sites is 2. The third-order valence-corrected chi connectivity index (χ3v) is 4.08. The Labute approximate surface area is 117 Å². The Balaban J connectivity index is 2.41. The van der Waals surface area contributed by atoms with E-state index in [0.717, 1.165) is 0 Å². The Bertz CT molecular complexity index is 760. The second kappa shape index (κ2) is 3.72. The first-order valence-corrected chi connectivity index (χ1v) is 6.63. The van der Waals surface area contributed by atoms with Crippen LogP contribution in [0.25, 0.3) is 11.0 Å². The van der Waals surface area contributed by atoms with Crippen molar-refractivity contribution in [2.45, 2.75) is 33.1 Å². The van der Waals surface area contributed by atoms with E-state index in [2.05, 4.69) is 9.97 Å². The first kappa shape index (κ1) is 12.9. The summed E-state index contributed by atoms with van der Waals surface area (Å²) in [4.78, 5) is 34.1. The predicted molar refractivity (Wildman–Crippen MR) is 75.7 cm³/mol. The van der Waals surface area contributed by atoms with Crippen LogP contribution in [0.3, 0.4) is 0 Å². The molecule has 1 aliphatic carbocycles. The lowest BCUT2D eigenvalue weighted by molar-refractivity contribution is -0.130. The number of nitrogens with zero attached hydrogens (tertiary/aromatic N) is 2. The fraction of sp³-hybridized carbons (Fsp3) is 0.375. The number of carbonyl (C=O) groups is 2. The molecule has 0 aliphatic heterocycles. The van der Waals surface area contributed by atoms with Crippen LogP contribution in [0.15, 0.2) is 24.3 Å². The van der Waals surface area contributed by atoms with E-state index in [1.807, 2.05) is 38.1 Å². The summed E-state index contributed by atoms with van der Waals surface area (Å²) in [5.41, 5.74) is 0.362. The van der Waals surface area contributed by atoms with E-state index < -0.39 is 10.8 Å². The molecule has 102 valence electrons. The van der Waals surface area contributed by atoms with Gasteiger partial charge in [0.05, 0.1) is 27.6 Å². The van der Waals surface area contributed by atoms with Gasteiger partial charge in [0.2, 0.25) is 0 Å². The van der Waals surface area contributed by atoms with Gasteiger partial charge in [-0.05, 0) is 39.8 Å². The molecule has 0 fully saturated rings. The third kappa shape index (κ3) is 1.48. The highest BCUT2D eigenvalue weighted by Crippen LogP contribution is 2.41. The van der Waals surface area contributed by atoms with Crippen molar-refractivity contribution in [1.29, 1.82) is 0 Å². The third-order valence-electron chi connectivity index (χ3n) is 4.08. The molecule has 0 radical (unpaired) electrons. The fourth-order valence-corrected chi connectivity index (χ4v) is 2.88. The van der Waals surface area contributed by atoms with Gasteiger partial charge in [0.25, 0.3) is 0 Å². The normalized spacial score (nSPS) is 20.0. The van der Waals surface area contributed by atoms with Crippen LogP contribution in [0.4, 0.5) is 0 Å². The molecule has 4 heteroatoms. The van der Waals surface area contributed by atoms with Gasteiger partial charge in [0, 0.05) is 0 Å². The number of Topliss-reactive ketones (excluding diaryl/α,β-unsaturated/α-hetero) is 2. The molecule has 1 aromatic carbocycles. The van der Waals surface area contributed by atoms with Gasteiger partial charge in [-0.25, -0.2) is 9.97 Å². The predicted octanol–water partition coefficient (Wildman–Crippen LogP) is 2.70. The number of hydrogen-bond acceptors (Lipinski definition) is 4. The van der Waals surface area contributed by atoms with Crippen LogP contribution in [-0.2, 0) is 10.2 Å². The summed E-state index contributed by atoms with van der Waals surface area (Å²) in [7, 11) is 0. The lowest BCUT2D eigenvalue weighted by Gasteiger charge is -2.37. The van der Waals surface area contributed by atoms with Crippen molar-refractivity contribution in [2.24, 2.45) is 5.41 Å². The topological polar surface area (TPSA) is 59.9 Å². The standard InChI is InChI=1S/C16H16N2O2/c1-15(2)12-11(13(19)16(3,4)14(15)20)17-9-7-5-6-8-10(9)18-12/h5-8H,1-4H3. The van der Waals surface area contributed by atoms with E-state index in [1.165, 1.54) is 0 Å². The molecular formula is C16H16N2O2. The van der Waals surface area contributed by atoms with Crippen molar-refractivity contribution in [3.63, 3.8) is 0 Å². The summed E-state index contributed by atoms with van der Waals surface area (Å²) in [5.74, 6) is -0.345. The molecule has 0 saturated heterocycles. The van der Waals surface area contributed by atoms with Crippen molar-refractivity contribution < 1.29 is 9.59 Å². The number of fused-ring (bicyclic) bond motifs is 2. The summed E-state index contributed by atoms with van der Waals surface area (Å²) < 4.78 is 0. The Hall–Kier alpha value is -2.10. The van der Waals surface area contributed by atoms with Crippen LogP contribution in [-0.4, -0.2) is 21.5 Å². The molecular weight excluding hydrogens is 252 g/mol. The summed E-state index contributed by atoms with van der Waals surface area (Å²) in [6.45, 7) is 6.95. The Kier molecular flexibility index (Phi) is 2.40. The molecule has 0 N–H and O–H groups in total. The van der Waals surface area contributed by atoms with Gasteiger partial charge < -0.3 is 0 Å². The van der Waals surface area contributed by atoms with E-state index in [9.17, 15) is 9.59 Å². The van der Waals surface area contributed by atoms with Gasteiger partial charge in [-0.3, -0.25) is 9.59 Å². The minimum atomic E-state index is -1.05. The second-order valence-electron chi connectivity index (χ2n) is 6.32. The Morgan fingerprint density at radius 1 is 0.850 bits per heavy atom. The zero-order valence-corrected chi connectivity index (χ0v) is 12.0. The number of carbonyl (C=O) groups excluding carboxylic acids is 2. The number of ketones is 2. The van der Waals surface area contributed by atoms with E-state index in [0.29, 0.717) is 22.4 Å². The van der Waals surface area contributed by atoms with Crippen LogP contribution in [0.2, 0.25) is 0 Å². The van der Waals surface area contributed by atoms with Crippen molar-refractivity contribution in [3.8, 4) is 0 Å². The first-order valence-electron chi connectivity index (χ1n) is 6.63. The largest absolute Gasteiger partial charge is 0.298 e. The van der Waals surface area contributed by atoms with Crippen molar-refractivity contribution in [2.75, 3.05) is 0 Å². The molecule has 0 unspecified atom stereocenters. The quantitative estimate of drug-likeness (QED) is 0.689. The molecule has 1 heterocycles. The minimum Gasteiger partial charge on any atom is -0.298 e. The Morgan fingerprint density at radius 3 is 2.00 bits per heavy atom. The van der Waals surface area contributed by atoms with E-state index in [1.54, 1.807) is 13.8 Å². The second-order valence-corrected chi connectivity index (χ2v) is 6.32. The van der Waals surface area contributed by atoms with Gasteiger partial charge in [-0.2, -0.15) is 0 Å². The molecule has 0 spiro atoms. The highest BCUT2D eigenvalue weighted by Gasteiger charge is 2.53. The first-order chi connectivity index (χ1) is 9.26. The zero-order valence-electron chi connectivity index (χ0n) is 12.0. The van der Waals surface area contributed by atoms with Gasteiger partial charge in [-0.15, -0.1) is 0 Å². The summed E-state index contributed by atoms with van der Waals surface area (Å²) in [6.07, 6.45) is 0. The molecule has 1 aliphatic rings. The maximum absolute atomic E-state index is 12.6. The van der Waals surface area contributed by atoms with Gasteiger partial charge in [-0.1, -0.05) is 12.1 Å². The maximum atomic E-state index is 12.6. The van der Waals surface area contributed by atoms with Crippen molar-refractivity contribution in [3.05, 3.63) is 35.7 Å². The fourth-order valence-electron chi connectivity index (χ4n) is 2.88.